The quantitative estimate of drug-likeness (QED) is 0.677. The summed E-state index contributed by atoms with van der Waals surface area (Å²) in [5.41, 5.74) is 2.15. The Morgan fingerprint density at radius 1 is 1.26 bits per heavy atom. The maximum Gasteiger partial charge on any atom is 0.251 e. The third-order valence-corrected chi connectivity index (χ3v) is 2.78. The van der Waals surface area contributed by atoms with Crippen molar-refractivity contribution in [2.24, 2.45) is 0 Å². The van der Waals surface area contributed by atoms with E-state index in [2.05, 4.69) is 16.0 Å². The molecule has 5 heteroatoms. The SMILES string of the molecule is CCNCCC(=O)Nc1cc(C(=O)NC)ccc1C. The minimum Gasteiger partial charge on any atom is -0.355 e. The molecule has 0 atom stereocenters. The van der Waals surface area contributed by atoms with Gasteiger partial charge in [0.25, 0.3) is 5.91 Å². The molecule has 5 nitrogen and oxygen atoms in total. The van der Waals surface area contributed by atoms with Crippen LogP contribution in [0.25, 0.3) is 0 Å². The fourth-order valence-corrected chi connectivity index (χ4v) is 1.63. The number of hydrogen-bond donors (Lipinski definition) is 3. The first-order valence-electron chi connectivity index (χ1n) is 6.41. The average molecular weight is 263 g/mol. The Hall–Kier alpha value is -1.88. The van der Waals surface area contributed by atoms with E-state index in [4.69, 9.17) is 0 Å². The van der Waals surface area contributed by atoms with Crippen molar-refractivity contribution in [2.75, 3.05) is 25.5 Å². The number of aryl methyl sites for hydroxylation is 1. The largest absolute Gasteiger partial charge is 0.355 e. The first kappa shape index (κ1) is 15.2. The Morgan fingerprint density at radius 3 is 2.63 bits per heavy atom. The number of amides is 2. The summed E-state index contributed by atoms with van der Waals surface area (Å²) in [6, 6.07) is 5.26. The first-order valence-corrected chi connectivity index (χ1v) is 6.41. The number of anilines is 1. The Morgan fingerprint density at radius 2 is 2.00 bits per heavy atom. The number of nitrogens with one attached hydrogen (secondary N) is 3. The highest BCUT2D eigenvalue weighted by atomic mass is 16.2. The summed E-state index contributed by atoms with van der Waals surface area (Å²) in [5.74, 6) is -0.221. The van der Waals surface area contributed by atoms with Gasteiger partial charge in [-0.25, -0.2) is 0 Å². The molecule has 0 saturated heterocycles. The highest BCUT2D eigenvalue weighted by Crippen LogP contribution is 2.17. The number of carbonyl (C=O) groups excluding carboxylic acids is 2. The van der Waals surface area contributed by atoms with Crippen molar-refractivity contribution in [1.82, 2.24) is 10.6 Å². The molecule has 0 aromatic heterocycles. The van der Waals surface area contributed by atoms with E-state index in [1.165, 1.54) is 0 Å². The molecular weight excluding hydrogens is 242 g/mol. The zero-order chi connectivity index (χ0) is 14.3. The summed E-state index contributed by atoms with van der Waals surface area (Å²) in [6.45, 7) is 5.39. The predicted molar refractivity (Wildman–Crippen MR) is 76.4 cm³/mol. The molecular formula is C14H21N3O2. The van der Waals surface area contributed by atoms with Crippen LogP contribution in [-0.4, -0.2) is 32.0 Å². The molecule has 104 valence electrons. The second-order valence-corrected chi connectivity index (χ2v) is 4.26. The maximum absolute atomic E-state index is 11.7. The summed E-state index contributed by atoms with van der Waals surface area (Å²) in [7, 11) is 1.58. The van der Waals surface area contributed by atoms with Gasteiger partial charge in [0, 0.05) is 31.3 Å². The minimum atomic E-state index is -0.164. The summed E-state index contributed by atoms with van der Waals surface area (Å²) in [4.78, 5) is 23.3. The summed E-state index contributed by atoms with van der Waals surface area (Å²) in [5, 5.41) is 8.48. The van der Waals surface area contributed by atoms with E-state index < -0.39 is 0 Å². The molecule has 0 radical (unpaired) electrons. The van der Waals surface area contributed by atoms with Crippen LogP contribution < -0.4 is 16.0 Å². The van der Waals surface area contributed by atoms with E-state index in [1.54, 1.807) is 19.2 Å². The van der Waals surface area contributed by atoms with Gasteiger partial charge in [-0.3, -0.25) is 9.59 Å². The molecule has 0 heterocycles. The van der Waals surface area contributed by atoms with Gasteiger partial charge in [0.15, 0.2) is 0 Å². The van der Waals surface area contributed by atoms with Gasteiger partial charge in [0.05, 0.1) is 0 Å². The molecule has 3 N–H and O–H groups in total. The summed E-state index contributed by atoms with van der Waals surface area (Å²) < 4.78 is 0. The van der Waals surface area contributed by atoms with Gasteiger partial charge in [-0.1, -0.05) is 13.0 Å². The van der Waals surface area contributed by atoms with E-state index >= 15 is 0 Å². The van der Waals surface area contributed by atoms with Crippen molar-refractivity contribution in [3.63, 3.8) is 0 Å². The van der Waals surface area contributed by atoms with Crippen LogP contribution in [0.15, 0.2) is 18.2 Å². The van der Waals surface area contributed by atoms with Crippen molar-refractivity contribution in [2.45, 2.75) is 20.3 Å². The first-order chi connectivity index (χ1) is 9.08. The predicted octanol–water partition coefficient (Wildman–Crippen LogP) is 1.29. The topological polar surface area (TPSA) is 70.2 Å². The zero-order valence-electron chi connectivity index (χ0n) is 11.7. The lowest BCUT2D eigenvalue weighted by Crippen LogP contribution is -2.22. The Labute approximate surface area is 113 Å². The maximum atomic E-state index is 11.7. The monoisotopic (exact) mass is 263 g/mol. The fraction of sp³-hybridized carbons (Fsp3) is 0.429. The van der Waals surface area contributed by atoms with E-state index in [1.807, 2.05) is 19.9 Å². The van der Waals surface area contributed by atoms with Gasteiger partial charge < -0.3 is 16.0 Å². The van der Waals surface area contributed by atoms with Gasteiger partial charge in [0.2, 0.25) is 5.91 Å². The number of rotatable bonds is 6. The molecule has 1 rings (SSSR count). The third kappa shape index (κ3) is 4.71. The van der Waals surface area contributed by atoms with Gasteiger partial charge in [0.1, 0.15) is 0 Å². The second kappa shape index (κ2) is 7.53. The molecule has 2 amide bonds. The number of carbonyl (C=O) groups is 2. The van der Waals surface area contributed by atoms with Crippen molar-refractivity contribution in [3.05, 3.63) is 29.3 Å². The molecule has 0 fully saturated rings. The number of benzene rings is 1. The van der Waals surface area contributed by atoms with Crippen LogP contribution in [0.5, 0.6) is 0 Å². The Bertz CT molecular complexity index is 458. The van der Waals surface area contributed by atoms with Gasteiger partial charge in [-0.05, 0) is 31.2 Å². The lowest BCUT2D eigenvalue weighted by atomic mass is 10.1. The molecule has 0 spiro atoms. The molecule has 1 aromatic rings. The molecule has 0 aliphatic rings. The Balaban J connectivity index is 2.71. The molecule has 1 aromatic carbocycles. The zero-order valence-corrected chi connectivity index (χ0v) is 11.7. The van der Waals surface area contributed by atoms with E-state index in [0.29, 0.717) is 24.2 Å². The van der Waals surface area contributed by atoms with Gasteiger partial charge in [-0.15, -0.1) is 0 Å². The molecule has 0 aliphatic heterocycles. The van der Waals surface area contributed by atoms with Crippen LogP contribution in [0, 0.1) is 6.92 Å². The normalized spacial score (nSPS) is 10.1. The second-order valence-electron chi connectivity index (χ2n) is 4.26. The average Bonchev–Trinajstić information content (AvgIpc) is 2.40. The van der Waals surface area contributed by atoms with Crippen LogP contribution in [0.1, 0.15) is 29.3 Å². The molecule has 19 heavy (non-hydrogen) atoms. The summed E-state index contributed by atoms with van der Waals surface area (Å²) in [6.07, 6.45) is 0.414. The van der Waals surface area contributed by atoms with Gasteiger partial charge in [-0.2, -0.15) is 0 Å². The molecule has 0 saturated carbocycles. The van der Waals surface area contributed by atoms with Crippen LogP contribution >= 0.6 is 0 Å². The highest BCUT2D eigenvalue weighted by molar-refractivity contribution is 5.97. The van der Waals surface area contributed by atoms with Crippen LogP contribution in [0.3, 0.4) is 0 Å². The van der Waals surface area contributed by atoms with Crippen molar-refractivity contribution >= 4 is 17.5 Å². The van der Waals surface area contributed by atoms with Crippen molar-refractivity contribution in [1.29, 1.82) is 0 Å². The number of hydrogen-bond acceptors (Lipinski definition) is 3. The van der Waals surface area contributed by atoms with E-state index in [0.717, 1.165) is 12.1 Å². The summed E-state index contributed by atoms with van der Waals surface area (Å²) >= 11 is 0. The minimum absolute atomic E-state index is 0.0573. The molecule has 0 unspecified atom stereocenters. The lowest BCUT2D eigenvalue weighted by molar-refractivity contribution is -0.116. The fourth-order valence-electron chi connectivity index (χ4n) is 1.63. The van der Waals surface area contributed by atoms with Crippen molar-refractivity contribution in [3.8, 4) is 0 Å². The Kier molecular flexibility index (Phi) is 6.02. The smallest absolute Gasteiger partial charge is 0.251 e. The molecule has 0 aliphatic carbocycles. The van der Waals surface area contributed by atoms with Gasteiger partial charge >= 0.3 is 0 Å². The third-order valence-electron chi connectivity index (χ3n) is 2.78. The lowest BCUT2D eigenvalue weighted by Gasteiger charge is -2.10. The molecule has 0 bridgehead atoms. The van der Waals surface area contributed by atoms with E-state index in [-0.39, 0.29) is 11.8 Å². The van der Waals surface area contributed by atoms with Crippen LogP contribution in [-0.2, 0) is 4.79 Å². The van der Waals surface area contributed by atoms with E-state index in [9.17, 15) is 9.59 Å². The van der Waals surface area contributed by atoms with Crippen molar-refractivity contribution < 1.29 is 9.59 Å². The van der Waals surface area contributed by atoms with Crippen LogP contribution in [0.4, 0.5) is 5.69 Å². The highest BCUT2D eigenvalue weighted by Gasteiger charge is 2.08. The van der Waals surface area contributed by atoms with Crippen LogP contribution in [0.2, 0.25) is 0 Å². The standard InChI is InChI=1S/C14H21N3O2/c1-4-16-8-7-13(18)17-12-9-11(14(19)15-3)6-5-10(12)2/h5-6,9,16H,4,7-8H2,1-3H3,(H,15,19)(H,17,18).